The summed E-state index contributed by atoms with van der Waals surface area (Å²) in [4.78, 5) is 18.4. The molecule has 0 spiro atoms. The van der Waals surface area contributed by atoms with Gasteiger partial charge in [0.25, 0.3) is 5.91 Å². The molecule has 1 amide bonds. The van der Waals surface area contributed by atoms with E-state index in [1.54, 1.807) is 24.7 Å². The van der Waals surface area contributed by atoms with Crippen LogP contribution in [-0.2, 0) is 6.42 Å². The highest BCUT2D eigenvalue weighted by Crippen LogP contribution is 2.13. The first-order chi connectivity index (χ1) is 7.75. The van der Waals surface area contributed by atoms with Crippen molar-refractivity contribution in [1.29, 1.82) is 0 Å². The highest BCUT2D eigenvalue weighted by atomic mass is 79.9. The normalized spacial score (nSPS) is 10.3. The molecule has 0 aliphatic heterocycles. The number of nitrogens with one attached hydrogen (secondary N) is 2. The van der Waals surface area contributed by atoms with Crippen molar-refractivity contribution in [3.8, 4) is 0 Å². The average molecular weight is 284 g/mol. The van der Waals surface area contributed by atoms with Crippen LogP contribution in [0.1, 0.15) is 16.2 Å². The fourth-order valence-corrected chi connectivity index (χ4v) is 1.56. The minimum absolute atomic E-state index is 0.217. The Balaban J connectivity index is 1.80. The van der Waals surface area contributed by atoms with Crippen molar-refractivity contribution >= 4 is 21.8 Å². The SMILES string of the molecule is O=C(NCCc1cnc[nH]1)c1ccc(Br)o1. The van der Waals surface area contributed by atoms with Crippen LogP contribution in [0.25, 0.3) is 0 Å². The second kappa shape index (κ2) is 4.98. The van der Waals surface area contributed by atoms with Gasteiger partial charge in [-0.3, -0.25) is 4.79 Å². The van der Waals surface area contributed by atoms with Gasteiger partial charge in [0.15, 0.2) is 10.4 Å². The number of hydrogen-bond donors (Lipinski definition) is 2. The van der Waals surface area contributed by atoms with Crippen molar-refractivity contribution in [2.45, 2.75) is 6.42 Å². The van der Waals surface area contributed by atoms with E-state index in [1.165, 1.54) is 0 Å². The van der Waals surface area contributed by atoms with Crippen LogP contribution in [0.2, 0.25) is 0 Å². The van der Waals surface area contributed by atoms with Crippen LogP contribution in [0.3, 0.4) is 0 Å². The van der Waals surface area contributed by atoms with Crippen LogP contribution in [0.4, 0.5) is 0 Å². The number of carbonyl (C=O) groups excluding carboxylic acids is 1. The second-order valence-electron chi connectivity index (χ2n) is 3.19. The van der Waals surface area contributed by atoms with Gasteiger partial charge in [-0.05, 0) is 28.1 Å². The van der Waals surface area contributed by atoms with E-state index in [1.807, 2.05) is 0 Å². The number of imidazole rings is 1. The summed E-state index contributed by atoms with van der Waals surface area (Å²) in [6.45, 7) is 0.541. The first-order valence-corrected chi connectivity index (χ1v) is 5.56. The van der Waals surface area contributed by atoms with Crippen LogP contribution in [-0.4, -0.2) is 22.4 Å². The van der Waals surface area contributed by atoms with Crippen LogP contribution in [0.15, 0.2) is 33.7 Å². The Morgan fingerprint density at radius 2 is 2.44 bits per heavy atom. The number of furan rings is 1. The van der Waals surface area contributed by atoms with E-state index in [4.69, 9.17) is 4.42 Å². The third-order valence-corrected chi connectivity index (χ3v) is 2.46. The quantitative estimate of drug-likeness (QED) is 0.898. The Labute approximate surface area is 100 Å². The molecular weight excluding hydrogens is 274 g/mol. The number of carbonyl (C=O) groups is 1. The molecule has 0 unspecified atom stereocenters. The molecule has 0 atom stereocenters. The van der Waals surface area contributed by atoms with E-state index in [2.05, 4.69) is 31.2 Å². The Bertz CT molecular complexity index is 464. The maximum atomic E-state index is 11.5. The topological polar surface area (TPSA) is 70.9 Å². The molecule has 5 nitrogen and oxygen atoms in total. The third-order valence-electron chi connectivity index (χ3n) is 2.03. The highest BCUT2D eigenvalue weighted by Gasteiger charge is 2.09. The smallest absolute Gasteiger partial charge is 0.287 e. The van der Waals surface area contributed by atoms with E-state index in [9.17, 15) is 4.79 Å². The van der Waals surface area contributed by atoms with Crippen LogP contribution in [0.5, 0.6) is 0 Å². The lowest BCUT2D eigenvalue weighted by Gasteiger charge is -2.01. The molecule has 16 heavy (non-hydrogen) atoms. The molecule has 2 heterocycles. The number of hydrogen-bond acceptors (Lipinski definition) is 3. The molecule has 0 aliphatic rings. The van der Waals surface area contributed by atoms with E-state index in [0.29, 0.717) is 23.4 Å². The lowest BCUT2D eigenvalue weighted by atomic mass is 10.3. The van der Waals surface area contributed by atoms with E-state index < -0.39 is 0 Å². The van der Waals surface area contributed by atoms with Crippen molar-refractivity contribution in [2.24, 2.45) is 0 Å². The molecule has 2 rings (SSSR count). The summed E-state index contributed by atoms with van der Waals surface area (Å²) >= 11 is 3.14. The Morgan fingerprint density at radius 3 is 3.06 bits per heavy atom. The van der Waals surface area contributed by atoms with Gasteiger partial charge < -0.3 is 14.7 Å². The Morgan fingerprint density at radius 1 is 1.56 bits per heavy atom. The van der Waals surface area contributed by atoms with Crippen LogP contribution in [0, 0.1) is 0 Å². The molecule has 0 aromatic carbocycles. The zero-order valence-electron chi connectivity index (χ0n) is 8.37. The van der Waals surface area contributed by atoms with Crippen molar-refractivity contribution in [2.75, 3.05) is 6.54 Å². The van der Waals surface area contributed by atoms with Gasteiger partial charge in [-0.1, -0.05) is 0 Å². The summed E-state index contributed by atoms with van der Waals surface area (Å²) in [7, 11) is 0. The molecule has 0 aliphatic carbocycles. The molecule has 6 heteroatoms. The van der Waals surface area contributed by atoms with Gasteiger partial charge >= 0.3 is 0 Å². The van der Waals surface area contributed by atoms with Gasteiger partial charge in [0, 0.05) is 24.9 Å². The standard InChI is InChI=1S/C10H10BrN3O2/c11-9-2-1-8(16-9)10(15)13-4-3-7-5-12-6-14-7/h1-2,5-6H,3-4H2,(H,12,14)(H,13,15). The zero-order chi connectivity index (χ0) is 11.4. The van der Waals surface area contributed by atoms with Crippen molar-refractivity contribution in [3.05, 3.63) is 40.8 Å². The maximum absolute atomic E-state index is 11.5. The molecule has 0 fully saturated rings. The predicted molar refractivity (Wildman–Crippen MR) is 61.0 cm³/mol. The number of H-pyrrole nitrogens is 1. The average Bonchev–Trinajstić information content (AvgIpc) is 2.89. The summed E-state index contributed by atoms with van der Waals surface area (Å²) in [5.41, 5.74) is 0.987. The number of amides is 1. The largest absolute Gasteiger partial charge is 0.444 e. The van der Waals surface area contributed by atoms with E-state index in [-0.39, 0.29) is 5.91 Å². The van der Waals surface area contributed by atoms with Gasteiger partial charge in [0.1, 0.15) is 0 Å². The maximum Gasteiger partial charge on any atom is 0.287 e. The number of aromatic nitrogens is 2. The second-order valence-corrected chi connectivity index (χ2v) is 3.97. The molecule has 0 bridgehead atoms. The molecule has 2 N–H and O–H groups in total. The number of rotatable bonds is 4. The van der Waals surface area contributed by atoms with Crippen molar-refractivity contribution in [3.63, 3.8) is 0 Å². The fourth-order valence-electron chi connectivity index (χ4n) is 1.26. The monoisotopic (exact) mass is 283 g/mol. The van der Waals surface area contributed by atoms with E-state index in [0.717, 1.165) is 5.69 Å². The van der Waals surface area contributed by atoms with Crippen LogP contribution >= 0.6 is 15.9 Å². The van der Waals surface area contributed by atoms with Gasteiger partial charge in [-0.15, -0.1) is 0 Å². The van der Waals surface area contributed by atoms with Crippen LogP contribution < -0.4 is 5.32 Å². The summed E-state index contributed by atoms with van der Waals surface area (Å²) in [5, 5.41) is 2.75. The first-order valence-electron chi connectivity index (χ1n) is 4.76. The predicted octanol–water partition coefficient (Wildman–Crippen LogP) is 1.74. The minimum Gasteiger partial charge on any atom is -0.444 e. The number of halogens is 1. The summed E-state index contributed by atoms with van der Waals surface area (Å²) in [5.74, 6) is 0.0849. The van der Waals surface area contributed by atoms with Gasteiger partial charge in [0.05, 0.1) is 6.33 Å². The lowest BCUT2D eigenvalue weighted by molar-refractivity contribution is 0.0925. The molecular formula is C10H10BrN3O2. The molecule has 84 valence electrons. The fraction of sp³-hybridized carbons (Fsp3) is 0.200. The van der Waals surface area contributed by atoms with Crippen molar-refractivity contribution in [1.82, 2.24) is 15.3 Å². The summed E-state index contributed by atoms with van der Waals surface area (Å²) in [6, 6.07) is 3.30. The zero-order valence-corrected chi connectivity index (χ0v) is 9.95. The van der Waals surface area contributed by atoms with Gasteiger partial charge in [-0.2, -0.15) is 0 Å². The van der Waals surface area contributed by atoms with Gasteiger partial charge in [-0.25, -0.2) is 4.98 Å². The molecule has 0 saturated heterocycles. The summed E-state index contributed by atoms with van der Waals surface area (Å²) in [6.07, 6.45) is 4.06. The molecule has 0 radical (unpaired) electrons. The lowest BCUT2D eigenvalue weighted by Crippen LogP contribution is -2.25. The minimum atomic E-state index is -0.217. The third kappa shape index (κ3) is 2.73. The summed E-state index contributed by atoms with van der Waals surface area (Å²) < 4.78 is 5.66. The van der Waals surface area contributed by atoms with Crippen molar-refractivity contribution < 1.29 is 9.21 Å². The molecule has 0 saturated carbocycles. The Hall–Kier alpha value is -1.56. The highest BCUT2D eigenvalue weighted by molar-refractivity contribution is 9.10. The number of nitrogens with zero attached hydrogens (tertiary/aromatic N) is 1. The molecule has 2 aromatic heterocycles. The van der Waals surface area contributed by atoms with E-state index >= 15 is 0 Å². The molecule has 2 aromatic rings. The first kappa shape index (κ1) is 10.9. The van der Waals surface area contributed by atoms with Gasteiger partial charge in [0.2, 0.25) is 0 Å². The Kier molecular flexibility index (Phi) is 3.40. The number of aromatic amines is 1.